The number of hydrogen-bond donors (Lipinski definition) is 1. The molecule has 0 bridgehead atoms. The number of hydrogen-bond acceptors (Lipinski definition) is 3. The zero-order valence-corrected chi connectivity index (χ0v) is 13.0. The van der Waals surface area contributed by atoms with E-state index in [4.69, 9.17) is 27.9 Å². The lowest BCUT2D eigenvalue weighted by Crippen LogP contribution is -2.30. The van der Waals surface area contributed by atoms with Gasteiger partial charge in [0.05, 0.1) is 0 Å². The van der Waals surface area contributed by atoms with Crippen LogP contribution in [-0.4, -0.2) is 18.4 Å². The second-order valence-electron chi connectivity index (χ2n) is 4.48. The minimum absolute atomic E-state index is 0.104. The van der Waals surface area contributed by atoms with Gasteiger partial charge < -0.3 is 10.1 Å². The molecule has 0 atom stereocenters. The SMILES string of the molecule is O=C(CNC(=O)c1cccc(Cl)c1)OCc1cccc(Cl)c1. The third-order valence-corrected chi connectivity index (χ3v) is 3.24. The summed E-state index contributed by atoms with van der Waals surface area (Å²) in [5.41, 5.74) is 1.16. The number of rotatable bonds is 5. The van der Waals surface area contributed by atoms with Crippen molar-refractivity contribution in [2.75, 3.05) is 6.54 Å². The molecule has 0 aliphatic heterocycles. The topological polar surface area (TPSA) is 55.4 Å². The summed E-state index contributed by atoms with van der Waals surface area (Å²) in [6.45, 7) is -0.113. The molecule has 0 saturated carbocycles. The van der Waals surface area contributed by atoms with Crippen LogP contribution < -0.4 is 5.32 Å². The highest BCUT2D eigenvalue weighted by Crippen LogP contribution is 2.12. The fourth-order valence-electron chi connectivity index (χ4n) is 1.73. The molecule has 6 heteroatoms. The number of benzene rings is 2. The van der Waals surface area contributed by atoms with Crippen LogP contribution in [0.15, 0.2) is 48.5 Å². The van der Waals surface area contributed by atoms with E-state index in [1.54, 1.807) is 42.5 Å². The van der Waals surface area contributed by atoms with Crippen LogP contribution in [0.2, 0.25) is 10.0 Å². The quantitative estimate of drug-likeness (QED) is 0.850. The number of halogens is 2. The van der Waals surface area contributed by atoms with E-state index in [2.05, 4.69) is 5.32 Å². The molecule has 114 valence electrons. The molecule has 0 unspecified atom stereocenters. The van der Waals surface area contributed by atoms with Crippen LogP contribution in [0.25, 0.3) is 0 Å². The van der Waals surface area contributed by atoms with Crippen LogP contribution in [0.4, 0.5) is 0 Å². The van der Waals surface area contributed by atoms with Crippen LogP contribution in [0, 0.1) is 0 Å². The fourth-order valence-corrected chi connectivity index (χ4v) is 2.13. The Labute approximate surface area is 138 Å². The number of esters is 1. The van der Waals surface area contributed by atoms with Gasteiger partial charge in [0.15, 0.2) is 0 Å². The molecule has 22 heavy (non-hydrogen) atoms. The van der Waals surface area contributed by atoms with Gasteiger partial charge in [-0.2, -0.15) is 0 Å². The van der Waals surface area contributed by atoms with Gasteiger partial charge in [0.25, 0.3) is 5.91 Å². The first kappa shape index (κ1) is 16.3. The van der Waals surface area contributed by atoms with Crippen LogP contribution in [0.5, 0.6) is 0 Å². The van der Waals surface area contributed by atoms with Gasteiger partial charge in [0, 0.05) is 15.6 Å². The van der Waals surface area contributed by atoms with Crippen LogP contribution >= 0.6 is 23.2 Å². The Balaban J connectivity index is 1.79. The van der Waals surface area contributed by atoms with Crippen LogP contribution in [0.3, 0.4) is 0 Å². The molecule has 0 aliphatic rings. The van der Waals surface area contributed by atoms with Gasteiger partial charge in [-0.15, -0.1) is 0 Å². The maximum absolute atomic E-state index is 11.8. The highest BCUT2D eigenvalue weighted by Gasteiger charge is 2.09. The summed E-state index contributed by atoms with van der Waals surface area (Å²) in [6.07, 6.45) is 0. The Hall–Kier alpha value is -2.04. The van der Waals surface area contributed by atoms with E-state index in [-0.39, 0.29) is 19.1 Å². The predicted molar refractivity (Wildman–Crippen MR) is 85.0 cm³/mol. The molecule has 1 N–H and O–H groups in total. The van der Waals surface area contributed by atoms with Gasteiger partial charge in [-0.05, 0) is 35.9 Å². The predicted octanol–water partition coefficient (Wildman–Crippen LogP) is 3.47. The number of ether oxygens (including phenoxy) is 1. The summed E-state index contributed by atoms with van der Waals surface area (Å²) in [4.78, 5) is 23.4. The summed E-state index contributed by atoms with van der Waals surface area (Å²) in [7, 11) is 0. The first-order valence-electron chi connectivity index (χ1n) is 6.48. The average molecular weight is 338 g/mol. The molecule has 4 nitrogen and oxygen atoms in total. The number of carbonyl (C=O) groups is 2. The molecule has 0 aliphatic carbocycles. The van der Waals surface area contributed by atoms with E-state index in [1.165, 1.54) is 6.07 Å². The minimum Gasteiger partial charge on any atom is -0.460 e. The van der Waals surface area contributed by atoms with Gasteiger partial charge in [-0.25, -0.2) is 0 Å². The van der Waals surface area contributed by atoms with Crippen LogP contribution in [-0.2, 0) is 16.1 Å². The van der Waals surface area contributed by atoms with Crippen molar-refractivity contribution < 1.29 is 14.3 Å². The summed E-state index contributed by atoms with van der Waals surface area (Å²) in [5.74, 6) is -0.919. The summed E-state index contributed by atoms with van der Waals surface area (Å²) >= 11 is 11.6. The molecule has 0 heterocycles. The molecule has 0 radical (unpaired) electrons. The van der Waals surface area contributed by atoms with E-state index in [0.29, 0.717) is 15.6 Å². The van der Waals surface area contributed by atoms with Crippen molar-refractivity contribution in [1.82, 2.24) is 5.32 Å². The molecule has 0 fully saturated rings. The minimum atomic E-state index is -0.532. The first-order valence-corrected chi connectivity index (χ1v) is 7.24. The Morgan fingerprint density at radius 3 is 2.36 bits per heavy atom. The van der Waals surface area contributed by atoms with E-state index in [0.717, 1.165) is 5.56 Å². The maximum Gasteiger partial charge on any atom is 0.325 e. The standard InChI is InChI=1S/C16H13Cl2NO3/c17-13-5-1-3-11(7-13)10-22-15(20)9-19-16(21)12-4-2-6-14(18)8-12/h1-8H,9-10H2,(H,19,21). The van der Waals surface area contributed by atoms with Crippen molar-refractivity contribution >= 4 is 35.1 Å². The van der Waals surface area contributed by atoms with E-state index >= 15 is 0 Å². The Bertz CT molecular complexity index is 689. The third kappa shape index (κ3) is 5.06. The van der Waals surface area contributed by atoms with Crippen molar-refractivity contribution in [3.8, 4) is 0 Å². The van der Waals surface area contributed by atoms with E-state index < -0.39 is 5.97 Å². The van der Waals surface area contributed by atoms with Gasteiger partial charge in [-0.3, -0.25) is 9.59 Å². The fraction of sp³-hybridized carbons (Fsp3) is 0.125. The lowest BCUT2D eigenvalue weighted by Gasteiger charge is -2.07. The molecular formula is C16H13Cl2NO3. The van der Waals surface area contributed by atoms with Gasteiger partial charge >= 0.3 is 5.97 Å². The van der Waals surface area contributed by atoms with Gasteiger partial charge in [0.2, 0.25) is 0 Å². The molecule has 0 saturated heterocycles. The molecule has 2 aromatic carbocycles. The molecular weight excluding hydrogens is 325 g/mol. The zero-order chi connectivity index (χ0) is 15.9. The highest BCUT2D eigenvalue weighted by molar-refractivity contribution is 6.31. The van der Waals surface area contributed by atoms with Gasteiger partial charge in [0.1, 0.15) is 13.2 Å². The lowest BCUT2D eigenvalue weighted by atomic mass is 10.2. The van der Waals surface area contributed by atoms with Crippen LogP contribution in [0.1, 0.15) is 15.9 Å². The second kappa shape index (κ2) is 7.82. The number of carbonyl (C=O) groups excluding carboxylic acids is 2. The normalized spacial score (nSPS) is 10.1. The number of nitrogens with one attached hydrogen (secondary N) is 1. The molecule has 0 aromatic heterocycles. The molecule has 2 rings (SSSR count). The van der Waals surface area contributed by atoms with Crippen molar-refractivity contribution in [1.29, 1.82) is 0 Å². The number of amides is 1. The average Bonchev–Trinajstić information content (AvgIpc) is 2.50. The highest BCUT2D eigenvalue weighted by atomic mass is 35.5. The summed E-state index contributed by atoms with van der Waals surface area (Å²) < 4.78 is 5.05. The first-order chi connectivity index (χ1) is 10.5. The Morgan fingerprint density at radius 1 is 1.00 bits per heavy atom. The van der Waals surface area contributed by atoms with E-state index in [1.807, 2.05) is 0 Å². The van der Waals surface area contributed by atoms with Crippen molar-refractivity contribution in [2.45, 2.75) is 6.61 Å². The zero-order valence-electron chi connectivity index (χ0n) is 11.5. The molecule has 2 aromatic rings. The monoisotopic (exact) mass is 337 g/mol. The molecule has 0 spiro atoms. The largest absolute Gasteiger partial charge is 0.460 e. The van der Waals surface area contributed by atoms with E-state index in [9.17, 15) is 9.59 Å². The third-order valence-electron chi connectivity index (χ3n) is 2.77. The Morgan fingerprint density at radius 2 is 1.68 bits per heavy atom. The van der Waals surface area contributed by atoms with Crippen molar-refractivity contribution in [3.05, 3.63) is 69.7 Å². The second-order valence-corrected chi connectivity index (χ2v) is 5.36. The van der Waals surface area contributed by atoms with Crippen molar-refractivity contribution in [2.24, 2.45) is 0 Å². The summed E-state index contributed by atoms with van der Waals surface area (Å²) in [5, 5.41) is 3.50. The molecule has 1 amide bonds. The van der Waals surface area contributed by atoms with Gasteiger partial charge in [-0.1, -0.05) is 41.4 Å². The maximum atomic E-state index is 11.8. The Kier molecular flexibility index (Phi) is 5.81. The lowest BCUT2D eigenvalue weighted by molar-refractivity contribution is -0.143. The van der Waals surface area contributed by atoms with Crippen molar-refractivity contribution in [3.63, 3.8) is 0 Å². The summed E-state index contributed by atoms with van der Waals surface area (Å²) in [6, 6.07) is 13.5. The smallest absolute Gasteiger partial charge is 0.325 e.